The maximum Gasteiger partial charge on any atom is 0.240 e. The highest BCUT2D eigenvalue weighted by Gasteiger charge is 2.29. The number of nitrogens with zero attached hydrogens (tertiary/aromatic N) is 3. The third kappa shape index (κ3) is 3.54. The molecule has 106 valence electrons. The van der Waals surface area contributed by atoms with Crippen LogP contribution in [0, 0.1) is 5.92 Å². The minimum absolute atomic E-state index is 0.586. The summed E-state index contributed by atoms with van der Waals surface area (Å²) in [6, 6.07) is 0. The van der Waals surface area contributed by atoms with Crippen molar-refractivity contribution in [3.05, 3.63) is 11.7 Å². The first-order valence-electron chi connectivity index (χ1n) is 7.60. The first kappa shape index (κ1) is 13.1. The van der Waals surface area contributed by atoms with Crippen LogP contribution in [0.1, 0.15) is 50.2 Å². The summed E-state index contributed by atoms with van der Waals surface area (Å²) in [5.41, 5.74) is 0. The van der Waals surface area contributed by atoms with E-state index in [1.807, 2.05) is 0 Å². The molecule has 1 aliphatic carbocycles. The van der Waals surface area contributed by atoms with Gasteiger partial charge < -0.3 is 9.84 Å². The molecule has 1 saturated carbocycles. The van der Waals surface area contributed by atoms with Gasteiger partial charge in [0.1, 0.15) is 0 Å². The Balaban J connectivity index is 1.43. The summed E-state index contributed by atoms with van der Waals surface area (Å²) < 4.78 is 5.35. The number of hydrogen-bond donors (Lipinski definition) is 1. The van der Waals surface area contributed by atoms with E-state index in [0.29, 0.717) is 5.92 Å². The van der Waals surface area contributed by atoms with Crippen molar-refractivity contribution in [3.8, 4) is 0 Å². The van der Waals surface area contributed by atoms with Crippen LogP contribution < -0.4 is 5.32 Å². The van der Waals surface area contributed by atoms with Gasteiger partial charge in [-0.2, -0.15) is 4.98 Å². The normalized spacial score (nSPS) is 21.9. The molecule has 0 bridgehead atoms. The molecule has 3 rings (SSSR count). The summed E-state index contributed by atoms with van der Waals surface area (Å²) in [6.07, 6.45) is 5.01. The van der Waals surface area contributed by atoms with Gasteiger partial charge in [-0.25, -0.2) is 0 Å². The summed E-state index contributed by atoms with van der Waals surface area (Å²) in [7, 11) is 0. The smallest absolute Gasteiger partial charge is 0.240 e. The Kier molecular flexibility index (Phi) is 4.13. The standard InChI is InChI=1S/C14H24N4O/c1-2-15-9-11-5-7-18(8-6-11)10-13-16-14(17-19-13)12-3-4-12/h11-12,15H,2-10H2,1H3. The zero-order valence-corrected chi connectivity index (χ0v) is 11.8. The molecule has 1 aromatic rings. The molecule has 5 nitrogen and oxygen atoms in total. The predicted octanol–water partition coefficient (Wildman–Crippen LogP) is 1.77. The second-order valence-electron chi connectivity index (χ2n) is 5.85. The van der Waals surface area contributed by atoms with Gasteiger partial charge in [0.05, 0.1) is 6.54 Å². The number of aromatic nitrogens is 2. The topological polar surface area (TPSA) is 54.2 Å². The monoisotopic (exact) mass is 264 g/mol. The Morgan fingerprint density at radius 2 is 2.05 bits per heavy atom. The molecule has 0 atom stereocenters. The predicted molar refractivity (Wildman–Crippen MR) is 72.8 cm³/mol. The highest BCUT2D eigenvalue weighted by atomic mass is 16.5. The lowest BCUT2D eigenvalue weighted by Crippen LogP contribution is -2.36. The van der Waals surface area contributed by atoms with Gasteiger partial charge in [-0.05, 0) is 57.8 Å². The second-order valence-corrected chi connectivity index (χ2v) is 5.85. The molecule has 1 aliphatic heterocycles. The van der Waals surface area contributed by atoms with Crippen LogP contribution in [-0.4, -0.2) is 41.2 Å². The van der Waals surface area contributed by atoms with Gasteiger partial charge >= 0.3 is 0 Å². The number of rotatable bonds is 6. The maximum atomic E-state index is 5.35. The zero-order chi connectivity index (χ0) is 13.1. The largest absolute Gasteiger partial charge is 0.338 e. The van der Waals surface area contributed by atoms with E-state index < -0.39 is 0 Å². The third-order valence-corrected chi connectivity index (χ3v) is 4.18. The van der Waals surface area contributed by atoms with E-state index in [9.17, 15) is 0 Å². The van der Waals surface area contributed by atoms with Crippen molar-refractivity contribution in [2.24, 2.45) is 5.92 Å². The number of nitrogens with one attached hydrogen (secondary N) is 1. The van der Waals surface area contributed by atoms with Crippen molar-refractivity contribution in [2.75, 3.05) is 26.2 Å². The van der Waals surface area contributed by atoms with E-state index >= 15 is 0 Å². The van der Waals surface area contributed by atoms with Crippen LogP contribution in [0.15, 0.2) is 4.52 Å². The summed E-state index contributed by atoms with van der Waals surface area (Å²) in [5, 5.41) is 7.52. The molecule has 1 aromatic heterocycles. The lowest BCUT2D eigenvalue weighted by atomic mass is 9.97. The summed E-state index contributed by atoms with van der Waals surface area (Å²) in [5.74, 6) is 3.15. The van der Waals surface area contributed by atoms with E-state index in [0.717, 1.165) is 50.4 Å². The van der Waals surface area contributed by atoms with Crippen molar-refractivity contribution in [2.45, 2.75) is 45.1 Å². The van der Waals surface area contributed by atoms with Crippen molar-refractivity contribution in [1.29, 1.82) is 0 Å². The Bertz CT molecular complexity index is 394. The maximum absolute atomic E-state index is 5.35. The number of likely N-dealkylation sites (tertiary alicyclic amines) is 1. The lowest BCUT2D eigenvalue weighted by molar-refractivity contribution is 0.158. The van der Waals surface area contributed by atoms with E-state index in [-0.39, 0.29) is 0 Å². The van der Waals surface area contributed by atoms with Crippen molar-refractivity contribution in [1.82, 2.24) is 20.4 Å². The summed E-state index contributed by atoms with van der Waals surface area (Å²) in [6.45, 7) is 7.53. The highest BCUT2D eigenvalue weighted by molar-refractivity contribution is 5.03. The van der Waals surface area contributed by atoms with Gasteiger partial charge in [0.25, 0.3) is 0 Å². The Morgan fingerprint density at radius 1 is 1.26 bits per heavy atom. The molecule has 2 aliphatic rings. The number of hydrogen-bond acceptors (Lipinski definition) is 5. The van der Waals surface area contributed by atoms with Crippen LogP contribution >= 0.6 is 0 Å². The van der Waals surface area contributed by atoms with Crippen molar-refractivity contribution < 1.29 is 4.52 Å². The van der Waals surface area contributed by atoms with Crippen LogP contribution in [0.25, 0.3) is 0 Å². The first-order chi connectivity index (χ1) is 9.35. The quantitative estimate of drug-likeness (QED) is 0.848. The lowest BCUT2D eigenvalue weighted by Gasteiger charge is -2.30. The van der Waals surface area contributed by atoms with Crippen LogP contribution in [0.4, 0.5) is 0 Å². The Morgan fingerprint density at radius 3 is 2.74 bits per heavy atom. The van der Waals surface area contributed by atoms with Gasteiger partial charge in [-0.1, -0.05) is 12.1 Å². The average Bonchev–Trinajstić information content (AvgIpc) is 3.19. The molecular formula is C14H24N4O. The first-order valence-corrected chi connectivity index (χ1v) is 7.60. The zero-order valence-electron chi connectivity index (χ0n) is 11.8. The Labute approximate surface area is 114 Å². The van der Waals surface area contributed by atoms with Gasteiger partial charge in [0.15, 0.2) is 5.82 Å². The molecular weight excluding hydrogens is 240 g/mol. The second kappa shape index (κ2) is 6.01. The molecule has 1 N–H and O–H groups in total. The number of piperidine rings is 1. The van der Waals surface area contributed by atoms with E-state index in [4.69, 9.17) is 4.52 Å². The SMILES string of the molecule is CCNCC1CCN(Cc2nc(C3CC3)no2)CC1. The third-order valence-electron chi connectivity index (χ3n) is 4.18. The molecule has 2 heterocycles. The van der Waals surface area contributed by atoms with Crippen LogP contribution in [0.5, 0.6) is 0 Å². The van der Waals surface area contributed by atoms with Crippen LogP contribution in [0.2, 0.25) is 0 Å². The molecule has 19 heavy (non-hydrogen) atoms. The van der Waals surface area contributed by atoms with Gasteiger partial charge in [0, 0.05) is 5.92 Å². The molecule has 0 spiro atoms. The van der Waals surface area contributed by atoms with E-state index in [1.54, 1.807) is 0 Å². The van der Waals surface area contributed by atoms with Gasteiger partial charge in [-0.3, -0.25) is 4.90 Å². The van der Waals surface area contributed by atoms with E-state index in [1.165, 1.54) is 25.7 Å². The molecule has 0 amide bonds. The Hall–Kier alpha value is -0.940. The molecule has 0 radical (unpaired) electrons. The fourth-order valence-corrected chi connectivity index (χ4v) is 2.73. The van der Waals surface area contributed by atoms with Crippen LogP contribution in [-0.2, 0) is 6.54 Å². The van der Waals surface area contributed by atoms with Crippen molar-refractivity contribution >= 4 is 0 Å². The highest BCUT2D eigenvalue weighted by Crippen LogP contribution is 2.38. The molecule has 0 unspecified atom stereocenters. The summed E-state index contributed by atoms with van der Waals surface area (Å²) >= 11 is 0. The fourth-order valence-electron chi connectivity index (χ4n) is 2.73. The van der Waals surface area contributed by atoms with E-state index in [2.05, 4.69) is 27.3 Å². The molecule has 1 saturated heterocycles. The van der Waals surface area contributed by atoms with Gasteiger partial charge in [-0.15, -0.1) is 0 Å². The average molecular weight is 264 g/mol. The molecule has 2 fully saturated rings. The minimum Gasteiger partial charge on any atom is -0.338 e. The fraction of sp³-hybridized carbons (Fsp3) is 0.857. The molecule has 5 heteroatoms. The van der Waals surface area contributed by atoms with Crippen LogP contribution in [0.3, 0.4) is 0 Å². The summed E-state index contributed by atoms with van der Waals surface area (Å²) in [4.78, 5) is 6.94. The molecule has 0 aromatic carbocycles. The van der Waals surface area contributed by atoms with Crippen molar-refractivity contribution in [3.63, 3.8) is 0 Å². The minimum atomic E-state index is 0.586. The van der Waals surface area contributed by atoms with Gasteiger partial charge in [0.2, 0.25) is 5.89 Å².